The van der Waals surface area contributed by atoms with Gasteiger partial charge in [-0.15, -0.1) is 0 Å². The summed E-state index contributed by atoms with van der Waals surface area (Å²) >= 11 is 0. The smallest absolute Gasteiger partial charge is 0.145 e. The van der Waals surface area contributed by atoms with Crippen molar-refractivity contribution in [2.45, 2.75) is 6.92 Å². The molecule has 37 heavy (non-hydrogen) atoms. The zero-order valence-corrected chi connectivity index (χ0v) is 20.9. The van der Waals surface area contributed by atoms with Crippen LogP contribution in [-0.2, 0) is 0 Å². The third kappa shape index (κ3) is 4.34. The Morgan fingerprint density at radius 1 is 0.649 bits per heavy atom. The van der Waals surface area contributed by atoms with E-state index in [4.69, 9.17) is 9.72 Å². The molecule has 0 saturated heterocycles. The van der Waals surface area contributed by atoms with E-state index in [0.29, 0.717) is 0 Å². The van der Waals surface area contributed by atoms with Crippen LogP contribution >= 0.6 is 0 Å². The minimum atomic E-state index is 0.831. The van der Waals surface area contributed by atoms with Crippen molar-refractivity contribution >= 4 is 28.1 Å². The molecule has 4 heteroatoms. The first-order chi connectivity index (χ1) is 18.2. The van der Waals surface area contributed by atoms with E-state index >= 15 is 0 Å². The number of hydrogen-bond donors (Lipinski definition) is 0. The average molecular weight is 482 g/mol. The average Bonchev–Trinajstić information content (AvgIpc) is 3.35. The molecule has 0 aliphatic carbocycles. The number of rotatable bonds is 6. The van der Waals surface area contributed by atoms with Crippen LogP contribution in [0.25, 0.3) is 28.1 Å². The second-order valence-electron chi connectivity index (χ2n) is 9.01. The van der Waals surface area contributed by atoms with Gasteiger partial charge in [0.2, 0.25) is 0 Å². The van der Waals surface area contributed by atoms with Gasteiger partial charge in [-0.25, -0.2) is 4.98 Å². The Balaban J connectivity index is 1.53. The predicted octanol–water partition coefficient (Wildman–Crippen LogP) is 8.48. The Kier molecular flexibility index (Phi) is 5.91. The molecule has 0 aliphatic heterocycles. The van der Waals surface area contributed by atoms with Crippen LogP contribution in [0.4, 0.5) is 17.1 Å². The number of benzene rings is 5. The maximum atomic E-state index is 5.41. The third-order valence-corrected chi connectivity index (χ3v) is 6.56. The first kappa shape index (κ1) is 22.6. The highest BCUT2D eigenvalue weighted by Crippen LogP contribution is 2.38. The fourth-order valence-electron chi connectivity index (χ4n) is 4.71. The van der Waals surface area contributed by atoms with Gasteiger partial charge in [-0.2, -0.15) is 0 Å². The number of aryl methyl sites for hydroxylation is 1. The molecule has 0 fully saturated rings. The zero-order chi connectivity index (χ0) is 25.2. The summed E-state index contributed by atoms with van der Waals surface area (Å²) in [4.78, 5) is 7.33. The van der Waals surface area contributed by atoms with E-state index in [-0.39, 0.29) is 0 Å². The summed E-state index contributed by atoms with van der Waals surface area (Å²) in [6, 6.07) is 44.1. The maximum Gasteiger partial charge on any atom is 0.145 e. The van der Waals surface area contributed by atoms with Crippen molar-refractivity contribution in [3.05, 3.63) is 133 Å². The second kappa shape index (κ2) is 9.67. The molecule has 180 valence electrons. The van der Waals surface area contributed by atoms with Gasteiger partial charge in [0.05, 0.1) is 18.1 Å². The first-order valence-electron chi connectivity index (χ1n) is 12.4. The molecule has 0 spiro atoms. The molecule has 0 atom stereocenters. The number of ether oxygens (including phenoxy) is 1. The molecule has 4 nitrogen and oxygen atoms in total. The molecule has 1 aromatic heterocycles. The van der Waals surface area contributed by atoms with Gasteiger partial charge in [-0.1, -0.05) is 60.2 Å². The van der Waals surface area contributed by atoms with Gasteiger partial charge >= 0.3 is 0 Å². The number of aromatic nitrogens is 2. The molecule has 0 unspecified atom stereocenters. The molecule has 0 radical (unpaired) electrons. The monoisotopic (exact) mass is 481 g/mol. The number of nitrogens with zero attached hydrogens (tertiary/aromatic N) is 3. The fraction of sp³-hybridized carbons (Fsp3) is 0.0606. The second-order valence-corrected chi connectivity index (χ2v) is 9.01. The molecule has 0 aliphatic rings. The topological polar surface area (TPSA) is 30.3 Å². The molecule has 5 aromatic carbocycles. The summed E-state index contributed by atoms with van der Waals surface area (Å²) in [5.74, 6) is 1.74. The number of anilines is 3. The molecule has 0 N–H and O–H groups in total. The highest BCUT2D eigenvalue weighted by atomic mass is 16.5. The Labute approximate surface area is 217 Å². The van der Waals surface area contributed by atoms with Crippen LogP contribution in [0.3, 0.4) is 0 Å². The van der Waals surface area contributed by atoms with E-state index in [9.17, 15) is 0 Å². The van der Waals surface area contributed by atoms with E-state index in [0.717, 1.165) is 50.9 Å². The summed E-state index contributed by atoms with van der Waals surface area (Å²) < 4.78 is 7.64. The SMILES string of the molecule is COc1ccc(N(c2ccc(C)cc2)c2cccc(-c3nc4ccccc4n3-c3ccccc3)c2)cc1. The van der Waals surface area contributed by atoms with Gasteiger partial charge in [-0.05, 0) is 79.7 Å². The predicted molar refractivity (Wildman–Crippen MR) is 152 cm³/mol. The van der Waals surface area contributed by atoms with Crippen LogP contribution in [0.1, 0.15) is 5.56 Å². The molecule has 6 aromatic rings. The molecule has 6 rings (SSSR count). The lowest BCUT2D eigenvalue weighted by molar-refractivity contribution is 0.415. The van der Waals surface area contributed by atoms with Gasteiger partial charge in [0.25, 0.3) is 0 Å². The fourth-order valence-corrected chi connectivity index (χ4v) is 4.71. The highest BCUT2D eigenvalue weighted by molar-refractivity contribution is 5.85. The minimum absolute atomic E-state index is 0.831. The van der Waals surface area contributed by atoms with Crippen LogP contribution in [0.5, 0.6) is 5.75 Å². The van der Waals surface area contributed by atoms with Crippen molar-refractivity contribution in [2.24, 2.45) is 0 Å². The Hall–Kier alpha value is -4.83. The van der Waals surface area contributed by atoms with Crippen molar-refractivity contribution in [1.82, 2.24) is 9.55 Å². The van der Waals surface area contributed by atoms with Gasteiger partial charge in [0.15, 0.2) is 0 Å². The standard InChI is InChI=1S/C33H27N3O/c1-24-15-17-27(18-16-24)35(28-19-21-30(37-2)22-20-28)29-12-8-9-25(23-29)33-34-31-13-6-7-14-32(31)36(33)26-10-4-3-5-11-26/h3-23H,1-2H3. The molecule has 0 saturated carbocycles. The summed E-state index contributed by atoms with van der Waals surface area (Å²) in [7, 11) is 1.69. The molecular formula is C33H27N3O. The summed E-state index contributed by atoms with van der Waals surface area (Å²) in [6.07, 6.45) is 0. The zero-order valence-electron chi connectivity index (χ0n) is 20.9. The van der Waals surface area contributed by atoms with Crippen LogP contribution in [-0.4, -0.2) is 16.7 Å². The van der Waals surface area contributed by atoms with E-state index in [2.05, 4.69) is 120 Å². The Morgan fingerprint density at radius 3 is 2.05 bits per heavy atom. The largest absolute Gasteiger partial charge is 0.497 e. The Bertz CT molecular complexity index is 1650. The number of methoxy groups -OCH3 is 1. The molecular weight excluding hydrogens is 454 g/mol. The summed E-state index contributed by atoms with van der Waals surface area (Å²) in [5, 5.41) is 0. The van der Waals surface area contributed by atoms with Crippen molar-refractivity contribution in [3.8, 4) is 22.8 Å². The molecule has 0 bridgehead atoms. The summed E-state index contributed by atoms with van der Waals surface area (Å²) in [5.41, 5.74) is 8.60. The summed E-state index contributed by atoms with van der Waals surface area (Å²) in [6.45, 7) is 2.11. The van der Waals surface area contributed by atoms with Gasteiger partial charge in [0, 0.05) is 28.3 Å². The minimum Gasteiger partial charge on any atom is -0.497 e. The van der Waals surface area contributed by atoms with E-state index in [1.807, 2.05) is 24.3 Å². The lowest BCUT2D eigenvalue weighted by Gasteiger charge is -2.26. The third-order valence-electron chi connectivity index (χ3n) is 6.56. The maximum absolute atomic E-state index is 5.41. The number of imidazole rings is 1. The molecule has 1 heterocycles. The lowest BCUT2D eigenvalue weighted by atomic mass is 10.1. The number of para-hydroxylation sites is 3. The van der Waals surface area contributed by atoms with Gasteiger partial charge in [0.1, 0.15) is 11.6 Å². The number of fused-ring (bicyclic) bond motifs is 1. The van der Waals surface area contributed by atoms with Crippen LogP contribution in [0, 0.1) is 6.92 Å². The molecule has 0 amide bonds. The van der Waals surface area contributed by atoms with Crippen molar-refractivity contribution < 1.29 is 4.74 Å². The van der Waals surface area contributed by atoms with E-state index < -0.39 is 0 Å². The quantitative estimate of drug-likeness (QED) is 0.239. The highest BCUT2D eigenvalue weighted by Gasteiger charge is 2.17. The van der Waals surface area contributed by atoms with E-state index in [1.54, 1.807) is 7.11 Å². The van der Waals surface area contributed by atoms with Crippen molar-refractivity contribution in [3.63, 3.8) is 0 Å². The van der Waals surface area contributed by atoms with Gasteiger partial charge < -0.3 is 9.64 Å². The lowest BCUT2D eigenvalue weighted by Crippen LogP contribution is -2.10. The normalized spacial score (nSPS) is 11.0. The first-order valence-corrected chi connectivity index (χ1v) is 12.4. The van der Waals surface area contributed by atoms with Crippen molar-refractivity contribution in [2.75, 3.05) is 12.0 Å². The van der Waals surface area contributed by atoms with Crippen LogP contribution in [0.15, 0.2) is 127 Å². The van der Waals surface area contributed by atoms with E-state index in [1.165, 1.54) is 5.56 Å². The van der Waals surface area contributed by atoms with Crippen LogP contribution in [0.2, 0.25) is 0 Å². The van der Waals surface area contributed by atoms with Gasteiger partial charge in [-0.3, -0.25) is 4.57 Å². The van der Waals surface area contributed by atoms with Crippen molar-refractivity contribution in [1.29, 1.82) is 0 Å². The Morgan fingerprint density at radius 2 is 1.32 bits per heavy atom. The van der Waals surface area contributed by atoms with Crippen LogP contribution < -0.4 is 9.64 Å². The number of hydrogen-bond acceptors (Lipinski definition) is 3.